The number of ether oxygens (including phenoxy) is 1. The van der Waals surface area contributed by atoms with Gasteiger partial charge >= 0.3 is 0 Å². The second-order valence-corrected chi connectivity index (χ2v) is 6.49. The highest BCUT2D eigenvalue weighted by Gasteiger charge is 2.07. The van der Waals surface area contributed by atoms with E-state index in [2.05, 4.69) is 10.5 Å². The number of rotatable bonds is 6. The Bertz CT molecular complexity index is 983. The van der Waals surface area contributed by atoms with Crippen LogP contribution >= 0.6 is 23.2 Å². The van der Waals surface area contributed by atoms with Gasteiger partial charge in [-0.05, 0) is 48.9 Å². The zero-order valence-electron chi connectivity index (χ0n) is 14.4. The second kappa shape index (κ2) is 8.75. The summed E-state index contributed by atoms with van der Waals surface area (Å²) in [5, 5.41) is 4.79. The molecule has 1 amide bonds. The van der Waals surface area contributed by atoms with Crippen molar-refractivity contribution >= 4 is 35.3 Å². The predicted molar refractivity (Wildman–Crippen MR) is 107 cm³/mol. The van der Waals surface area contributed by atoms with Crippen LogP contribution in [0.15, 0.2) is 64.1 Å². The minimum atomic E-state index is -0.370. The van der Waals surface area contributed by atoms with Crippen molar-refractivity contribution in [3.05, 3.63) is 76.0 Å². The Morgan fingerprint density at radius 1 is 1.15 bits per heavy atom. The molecular formula is C20H16Cl2N2O3. The highest BCUT2D eigenvalue weighted by atomic mass is 35.5. The molecule has 0 fully saturated rings. The van der Waals surface area contributed by atoms with E-state index in [1.54, 1.807) is 36.4 Å². The Morgan fingerprint density at radius 2 is 1.96 bits per heavy atom. The van der Waals surface area contributed by atoms with Gasteiger partial charge in [0.1, 0.15) is 17.3 Å². The predicted octanol–water partition coefficient (Wildman–Crippen LogP) is 5.09. The van der Waals surface area contributed by atoms with Crippen LogP contribution < -0.4 is 10.2 Å². The van der Waals surface area contributed by atoms with Gasteiger partial charge in [0, 0.05) is 5.56 Å². The second-order valence-electron chi connectivity index (χ2n) is 5.68. The van der Waals surface area contributed by atoms with E-state index >= 15 is 0 Å². The average molecular weight is 403 g/mol. The number of benzene rings is 2. The molecule has 7 heteroatoms. The summed E-state index contributed by atoms with van der Waals surface area (Å²) in [5.74, 6) is 1.39. The summed E-state index contributed by atoms with van der Waals surface area (Å²) < 4.78 is 11.1. The molecule has 27 heavy (non-hydrogen) atoms. The topological polar surface area (TPSA) is 63.8 Å². The number of amides is 1. The van der Waals surface area contributed by atoms with Crippen molar-refractivity contribution in [1.82, 2.24) is 5.43 Å². The van der Waals surface area contributed by atoms with Crippen LogP contribution in [-0.4, -0.2) is 18.7 Å². The van der Waals surface area contributed by atoms with Crippen LogP contribution in [0.5, 0.6) is 5.75 Å². The summed E-state index contributed by atoms with van der Waals surface area (Å²) >= 11 is 11.9. The van der Waals surface area contributed by atoms with Gasteiger partial charge < -0.3 is 9.15 Å². The number of nitrogens with zero attached hydrogens (tertiary/aromatic N) is 1. The lowest BCUT2D eigenvalue weighted by molar-refractivity contribution is -0.123. The van der Waals surface area contributed by atoms with Gasteiger partial charge in [-0.3, -0.25) is 4.79 Å². The van der Waals surface area contributed by atoms with E-state index in [9.17, 15) is 4.79 Å². The maximum absolute atomic E-state index is 11.8. The molecule has 0 saturated heterocycles. The first-order chi connectivity index (χ1) is 13.0. The fraction of sp³-hybridized carbons (Fsp3) is 0.100. The molecule has 0 saturated carbocycles. The summed E-state index contributed by atoms with van der Waals surface area (Å²) in [6, 6.07) is 16.2. The number of hydrazone groups is 1. The number of hydrogen-bond donors (Lipinski definition) is 1. The minimum absolute atomic E-state index is 0.130. The third-order valence-corrected chi connectivity index (χ3v) is 4.40. The quantitative estimate of drug-likeness (QED) is 0.461. The summed E-state index contributed by atoms with van der Waals surface area (Å²) in [4.78, 5) is 11.8. The van der Waals surface area contributed by atoms with Crippen LogP contribution in [0, 0.1) is 6.92 Å². The molecule has 0 aliphatic rings. The minimum Gasteiger partial charge on any atom is -0.483 e. The lowest BCUT2D eigenvalue weighted by atomic mass is 10.2. The van der Waals surface area contributed by atoms with Crippen molar-refractivity contribution < 1.29 is 13.9 Å². The van der Waals surface area contributed by atoms with Crippen molar-refractivity contribution in [2.75, 3.05) is 6.61 Å². The highest BCUT2D eigenvalue weighted by molar-refractivity contribution is 6.42. The SMILES string of the molecule is Cc1ccccc1OCC(=O)NN=Cc1ccc(-c2ccc(Cl)c(Cl)c2)o1. The van der Waals surface area contributed by atoms with Gasteiger partial charge in [0.25, 0.3) is 5.91 Å². The third kappa shape index (κ3) is 5.12. The van der Waals surface area contributed by atoms with Crippen LogP contribution in [0.25, 0.3) is 11.3 Å². The van der Waals surface area contributed by atoms with E-state index in [1.165, 1.54) is 6.21 Å². The van der Waals surface area contributed by atoms with Crippen molar-refractivity contribution in [2.24, 2.45) is 5.10 Å². The number of nitrogens with one attached hydrogen (secondary N) is 1. The first kappa shape index (κ1) is 19.0. The van der Waals surface area contributed by atoms with Crippen LogP contribution in [0.2, 0.25) is 10.0 Å². The molecule has 2 aromatic carbocycles. The van der Waals surface area contributed by atoms with Crippen molar-refractivity contribution in [2.45, 2.75) is 6.92 Å². The number of para-hydroxylation sites is 1. The first-order valence-corrected chi connectivity index (χ1v) is 8.84. The standard InChI is InChI=1S/C20H16Cl2N2O3/c1-13-4-2-3-5-18(13)26-12-20(25)24-23-11-15-7-9-19(27-15)14-6-8-16(21)17(22)10-14/h2-11H,12H2,1H3,(H,24,25). The summed E-state index contributed by atoms with van der Waals surface area (Å²) in [6.07, 6.45) is 1.41. The molecule has 0 aliphatic carbocycles. The molecule has 0 bridgehead atoms. The van der Waals surface area contributed by atoms with E-state index < -0.39 is 0 Å². The third-order valence-electron chi connectivity index (χ3n) is 3.66. The van der Waals surface area contributed by atoms with Crippen molar-refractivity contribution in [3.8, 4) is 17.1 Å². The van der Waals surface area contributed by atoms with Gasteiger partial charge in [0.2, 0.25) is 0 Å². The van der Waals surface area contributed by atoms with Gasteiger partial charge in [0.05, 0.1) is 16.3 Å². The molecule has 0 atom stereocenters. The van der Waals surface area contributed by atoms with E-state index in [0.717, 1.165) is 11.1 Å². The number of carbonyl (C=O) groups excluding carboxylic acids is 1. The maximum atomic E-state index is 11.8. The highest BCUT2D eigenvalue weighted by Crippen LogP contribution is 2.29. The molecule has 1 N–H and O–H groups in total. The van der Waals surface area contributed by atoms with Crippen LogP contribution in [0.1, 0.15) is 11.3 Å². The van der Waals surface area contributed by atoms with E-state index in [1.807, 2.05) is 25.1 Å². The molecule has 3 rings (SSSR count). The lowest BCUT2D eigenvalue weighted by Gasteiger charge is -2.07. The molecule has 138 valence electrons. The fourth-order valence-corrected chi connectivity index (χ4v) is 2.59. The zero-order valence-corrected chi connectivity index (χ0v) is 15.9. The first-order valence-electron chi connectivity index (χ1n) is 8.08. The van der Waals surface area contributed by atoms with E-state index in [0.29, 0.717) is 27.3 Å². The van der Waals surface area contributed by atoms with Gasteiger partial charge in [0.15, 0.2) is 6.61 Å². The van der Waals surface area contributed by atoms with Gasteiger partial charge in [-0.1, -0.05) is 41.4 Å². The summed E-state index contributed by atoms with van der Waals surface area (Å²) in [7, 11) is 0. The van der Waals surface area contributed by atoms with Gasteiger partial charge in [-0.25, -0.2) is 5.43 Å². The Hall–Kier alpha value is -2.76. The Balaban J connectivity index is 1.54. The fourth-order valence-electron chi connectivity index (χ4n) is 2.29. The number of aryl methyl sites for hydroxylation is 1. The number of hydrogen-bond acceptors (Lipinski definition) is 4. The van der Waals surface area contributed by atoms with Gasteiger partial charge in [-0.15, -0.1) is 0 Å². The average Bonchev–Trinajstić information content (AvgIpc) is 3.12. The molecule has 3 aromatic rings. The Morgan fingerprint density at radius 3 is 2.74 bits per heavy atom. The maximum Gasteiger partial charge on any atom is 0.277 e. The van der Waals surface area contributed by atoms with Crippen LogP contribution in [0.4, 0.5) is 0 Å². The largest absolute Gasteiger partial charge is 0.483 e. The number of halogens is 2. The molecule has 1 aromatic heterocycles. The monoisotopic (exact) mass is 402 g/mol. The van der Waals surface area contributed by atoms with E-state index in [-0.39, 0.29) is 12.5 Å². The zero-order chi connectivity index (χ0) is 19.2. The molecule has 0 unspecified atom stereocenters. The number of furan rings is 1. The number of carbonyl (C=O) groups is 1. The van der Waals surface area contributed by atoms with Crippen molar-refractivity contribution in [1.29, 1.82) is 0 Å². The smallest absolute Gasteiger partial charge is 0.277 e. The van der Waals surface area contributed by atoms with Crippen LogP contribution in [0.3, 0.4) is 0 Å². The molecule has 1 heterocycles. The van der Waals surface area contributed by atoms with Gasteiger partial charge in [-0.2, -0.15) is 5.10 Å². The molecule has 0 radical (unpaired) electrons. The Labute approximate surface area is 166 Å². The molecule has 5 nitrogen and oxygen atoms in total. The molecular weight excluding hydrogens is 387 g/mol. The van der Waals surface area contributed by atoms with Crippen LogP contribution in [-0.2, 0) is 4.79 Å². The summed E-state index contributed by atoms with van der Waals surface area (Å²) in [5.41, 5.74) is 4.14. The molecule has 0 spiro atoms. The Kier molecular flexibility index (Phi) is 6.16. The van der Waals surface area contributed by atoms with Crippen molar-refractivity contribution in [3.63, 3.8) is 0 Å². The summed E-state index contributed by atoms with van der Waals surface area (Å²) in [6.45, 7) is 1.78. The van der Waals surface area contributed by atoms with E-state index in [4.69, 9.17) is 32.4 Å². The molecule has 0 aliphatic heterocycles. The lowest BCUT2D eigenvalue weighted by Crippen LogP contribution is -2.24. The normalized spacial score (nSPS) is 10.9.